The molecule has 0 amide bonds. The van der Waals surface area contributed by atoms with Crippen LogP contribution in [0.4, 0.5) is 0 Å². The third-order valence-electron chi connectivity index (χ3n) is 3.91. The van der Waals surface area contributed by atoms with Crippen LogP contribution in [0.3, 0.4) is 0 Å². The molecule has 0 saturated carbocycles. The first-order valence-corrected chi connectivity index (χ1v) is 8.64. The van der Waals surface area contributed by atoms with Gasteiger partial charge in [0.1, 0.15) is 0 Å². The first kappa shape index (κ1) is 16.9. The highest BCUT2D eigenvalue weighted by molar-refractivity contribution is 9.10. The van der Waals surface area contributed by atoms with Crippen molar-refractivity contribution in [2.24, 2.45) is 0 Å². The molecule has 1 aromatic heterocycles. The summed E-state index contributed by atoms with van der Waals surface area (Å²) >= 11 is 9.46. The molecule has 2 aromatic carbocycles. The minimum atomic E-state index is -0.265. The van der Waals surface area contributed by atoms with E-state index >= 15 is 0 Å². The number of halogens is 2. The van der Waals surface area contributed by atoms with Gasteiger partial charge in [-0.2, -0.15) is 0 Å². The largest absolute Gasteiger partial charge is 0.451 e. The molecule has 0 aliphatic heterocycles. The number of fused-ring (bicyclic) bond motifs is 1. The minimum absolute atomic E-state index is 0.0119. The predicted octanol–water partition coefficient (Wildman–Crippen LogP) is 5.59. The summed E-state index contributed by atoms with van der Waals surface area (Å²) in [5.41, 5.74) is 1.04. The number of carbonyl (C=O) groups excluding carboxylic acids is 1. The monoisotopic (exact) mass is 404 g/mol. The molecule has 1 heterocycles. The van der Waals surface area contributed by atoms with Crippen LogP contribution in [-0.4, -0.2) is 5.78 Å². The molecule has 5 heteroatoms. The highest BCUT2D eigenvalue weighted by atomic mass is 79.9. The Kier molecular flexibility index (Phi) is 4.88. The van der Waals surface area contributed by atoms with E-state index in [1.807, 2.05) is 31.2 Å². The molecule has 3 aromatic rings. The lowest BCUT2D eigenvalue weighted by Crippen LogP contribution is -2.10. The average Bonchev–Trinajstić information content (AvgIpc) is 2.56. The molecular formula is C19H14BrClO3. The van der Waals surface area contributed by atoms with E-state index in [2.05, 4.69) is 15.9 Å². The van der Waals surface area contributed by atoms with Gasteiger partial charge in [0.25, 0.3) is 0 Å². The number of benzene rings is 2. The Balaban J connectivity index is 1.90. The van der Waals surface area contributed by atoms with Gasteiger partial charge in [-0.1, -0.05) is 52.7 Å². The molecule has 0 N–H and O–H groups in total. The van der Waals surface area contributed by atoms with Crippen molar-refractivity contribution in [3.63, 3.8) is 0 Å². The van der Waals surface area contributed by atoms with Crippen molar-refractivity contribution in [1.82, 2.24) is 0 Å². The average molecular weight is 406 g/mol. The summed E-state index contributed by atoms with van der Waals surface area (Å²) in [7, 11) is 0. The fourth-order valence-corrected chi connectivity index (χ4v) is 3.05. The minimum Gasteiger partial charge on any atom is -0.451 e. The number of rotatable bonds is 4. The van der Waals surface area contributed by atoms with Gasteiger partial charge in [0, 0.05) is 17.0 Å². The predicted molar refractivity (Wildman–Crippen MR) is 99.0 cm³/mol. The lowest BCUT2D eigenvalue weighted by atomic mass is 9.95. The highest BCUT2D eigenvalue weighted by Gasteiger charge is 2.17. The first-order chi connectivity index (χ1) is 11.5. The van der Waals surface area contributed by atoms with E-state index < -0.39 is 0 Å². The number of carbonyl (C=O) groups is 1. The molecule has 0 bridgehead atoms. The molecule has 0 radical (unpaired) electrons. The normalized spacial score (nSPS) is 12.3. The Morgan fingerprint density at radius 1 is 1.21 bits per heavy atom. The second kappa shape index (κ2) is 6.91. The van der Waals surface area contributed by atoms with Crippen LogP contribution in [0, 0.1) is 0 Å². The summed E-state index contributed by atoms with van der Waals surface area (Å²) in [6.45, 7) is 1.97. The molecule has 1 unspecified atom stereocenters. The summed E-state index contributed by atoms with van der Waals surface area (Å²) in [5, 5.41) is 0.695. The quantitative estimate of drug-likeness (QED) is 0.532. The van der Waals surface area contributed by atoms with E-state index in [9.17, 15) is 9.59 Å². The summed E-state index contributed by atoms with van der Waals surface area (Å²) in [6.07, 6.45) is 0.251. The topological polar surface area (TPSA) is 47.3 Å². The second-order valence-electron chi connectivity index (χ2n) is 5.67. The molecule has 0 spiro atoms. The number of ketones is 1. The van der Waals surface area contributed by atoms with Crippen LogP contribution in [0.25, 0.3) is 11.0 Å². The molecule has 1 atom stereocenters. The van der Waals surface area contributed by atoms with Gasteiger partial charge >= 0.3 is 0 Å². The van der Waals surface area contributed by atoms with Crippen molar-refractivity contribution >= 4 is 44.3 Å². The molecule has 122 valence electrons. The molecule has 0 aliphatic rings. The maximum Gasteiger partial charge on any atom is 0.198 e. The second-order valence-corrected chi connectivity index (χ2v) is 6.99. The van der Waals surface area contributed by atoms with Gasteiger partial charge in [-0.3, -0.25) is 9.59 Å². The Bertz CT molecular complexity index is 961. The molecule has 3 nitrogen and oxygen atoms in total. The van der Waals surface area contributed by atoms with Crippen LogP contribution in [-0.2, 0) is 0 Å². The van der Waals surface area contributed by atoms with Crippen molar-refractivity contribution in [2.75, 3.05) is 0 Å². The van der Waals surface area contributed by atoms with Gasteiger partial charge in [-0.05, 0) is 35.7 Å². The fourth-order valence-electron chi connectivity index (χ4n) is 2.57. The van der Waals surface area contributed by atoms with E-state index in [-0.39, 0.29) is 34.9 Å². The molecule has 3 rings (SSSR count). The molecule has 24 heavy (non-hydrogen) atoms. The Morgan fingerprint density at radius 3 is 2.62 bits per heavy atom. The molecular weight excluding hydrogens is 392 g/mol. The third-order valence-corrected chi connectivity index (χ3v) is 4.74. The van der Waals surface area contributed by atoms with E-state index in [0.717, 1.165) is 10.0 Å². The molecule has 0 fully saturated rings. The Morgan fingerprint density at radius 2 is 1.92 bits per heavy atom. The van der Waals surface area contributed by atoms with Crippen LogP contribution >= 0.6 is 27.5 Å². The number of hydrogen-bond acceptors (Lipinski definition) is 3. The third kappa shape index (κ3) is 3.45. The van der Waals surface area contributed by atoms with Crippen LogP contribution in [0.5, 0.6) is 0 Å². The smallest absolute Gasteiger partial charge is 0.198 e. The van der Waals surface area contributed by atoms with Crippen molar-refractivity contribution in [1.29, 1.82) is 0 Å². The zero-order valence-corrected chi connectivity index (χ0v) is 15.2. The van der Waals surface area contributed by atoms with Crippen molar-refractivity contribution in [3.05, 3.63) is 79.6 Å². The summed E-state index contributed by atoms with van der Waals surface area (Å²) < 4.78 is 6.59. The summed E-state index contributed by atoms with van der Waals surface area (Å²) in [5.74, 6) is -0.160. The van der Waals surface area contributed by atoms with Crippen molar-refractivity contribution < 1.29 is 9.21 Å². The van der Waals surface area contributed by atoms with E-state index in [4.69, 9.17) is 16.0 Å². The zero-order valence-electron chi connectivity index (χ0n) is 12.9. The summed E-state index contributed by atoms with van der Waals surface area (Å²) in [4.78, 5) is 24.7. The van der Waals surface area contributed by atoms with E-state index in [1.165, 1.54) is 6.07 Å². The van der Waals surface area contributed by atoms with Gasteiger partial charge < -0.3 is 4.42 Å². The maximum atomic E-state index is 12.5. The highest BCUT2D eigenvalue weighted by Crippen LogP contribution is 2.25. The first-order valence-electron chi connectivity index (χ1n) is 7.47. The number of para-hydroxylation sites is 1. The van der Waals surface area contributed by atoms with Gasteiger partial charge in [0.2, 0.25) is 0 Å². The van der Waals surface area contributed by atoms with Gasteiger partial charge in [-0.25, -0.2) is 0 Å². The Hall–Kier alpha value is -1.91. The number of Topliss-reactive ketones (excluding diaryl/α,β-unsaturated/α-hetero) is 1. The summed E-state index contributed by atoms with van der Waals surface area (Å²) in [6, 6.07) is 14.0. The van der Waals surface area contributed by atoms with E-state index in [1.54, 1.807) is 18.2 Å². The zero-order chi connectivity index (χ0) is 17.3. The number of hydrogen-bond donors (Lipinski definition) is 0. The van der Waals surface area contributed by atoms with Crippen LogP contribution in [0.1, 0.15) is 35.4 Å². The fraction of sp³-hybridized carbons (Fsp3) is 0.158. The van der Waals surface area contributed by atoms with Gasteiger partial charge in [0.05, 0.1) is 10.4 Å². The van der Waals surface area contributed by atoms with Crippen molar-refractivity contribution in [3.8, 4) is 0 Å². The molecule has 0 saturated heterocycles. The maximum absolute atomic E-state index is 12.5. The van der Waals surface area contributed by atoms with Crippen LogP contribution in [0.15, 0.2) is 62.2 Å². The Labute approximate surface area is 152 Å². The molecule has 0 aliphatic carbocycles. The van der Waals surface area contributed by atoms with Crippen LogP contribution < -0.4 is 5.43 Å². The van der Waals surface area contributed by atoms with E-state index in [0.29, 0.717) is 10.4 Å². The lowest BCUT2D eigenvalue weighted by molar-refractivity contribution is 0.0949. The standard InChI is InChI=1S/C19H14BrClO3/c1-11(12-5-7-13(20)8-6-12)9-17(23)18-10-16(22)14-3-2-4-15(21)19(14)24-18/h2-8,10-11H,9H2,1H3. The van der Waals surface area contributed by atoms with Crippen molar-refractivity contribution in [2.45, 2.75) is 19.3 Å². The van der Waals surface area contributed by atoms with Crippen LogP contribution in [0.2, 0.25) is 5.02 Å². The van der Waals surface area contributed by atoms with Gasteiger partial charge in [-0.15, -0.1) is 0 Å². The lowest BCUT2D eigenvalue weighted by Gasteiger charge is -2.11. The van der Waals surface area contributed by atoms with Gasteiger partial charge in [0.15, 0.2) is 22.6 Å². The SMILES string of the molecule is CC(CC(=O)c1cc(=O)c2cccc(Cl)c2o1)c1ccc(Br)cc1.